The predicted octanol–water partition coefficient (Wildman–Crippen LogP) is 12.0. The molecule has 2 aliphatic rings. The second-order valence-electron chi connectivity index (χ2n) is 28.8. The number of halogens is 3. The van der Waals surface area contributed by atoms with Gasteiger partial charge in [-0.1, -0.05) is 121 Å². The number of nitrogens with one attached hydrogen (secondary N) is 2. The fraction of sp³-hybridized carbons (Fsp3) is 0.344. The molecule has 2 unspecified atom stereocenters. The number of carbonyl (C=O) groups is 5. The van der Waals surface area contributed by atoms with Crippen molar-refractivity contribution < 1.29 is 232 Å². The zero-order valence-electron chi connectivity index (χ0n) is 76.4. The van der Waals surface area contributed by atoms with Crippen LogP contribution in [0.1, 0.15) is 71.2 Å². The molecule has 0 aliphatic carbocycles. The maximum absolute atomic E-state index is 13.3. The Labute approximate surface area is 844 Å². The van der Waals surface area contributed by atoms with Gasteiger partial charge in [0.2, 0.25) is 37.7 Å². The summed E-state index contributed by atoms with van der Waals surface area (Å²) in [7, 11) is -3.61. The first kappa shape index (κ1) is 114. The minimum Gasteiger partial charge on any atom is -0.662 e. The maximum atomic E-state index is 13.3. The molecule has 137 heavy (non-hydrogen) atoms. The number of carbonyl (C=O) groups excluding carboxylic acids is 5. The van der Waals surface area contributed by atoms with Crippen molar-refractivity contribution in [3.05, 3.63) is 248 Å². The monoisotopic (exact) mass is 2090 g/mol. The maximum Gasteiger partial charge on any atom is 1.00 e. The van der Waals surface area contributed by atoms with Crippen molar-refractivity contribution in [2.75, 3.05) is 108 Å². The number of alkyl carbamates (subject to hydrolysis) is 2. The number of benzene rings is 8. The van der Waals surface area contributed by atoms with E-state index in [9.17, 15) is 75.2 Å². The van der Waals surface area contributed by atoms with Gasteiger partial charge in [0, 0.05) is 88.2 Å². The Kier molecular flexibility index (Phi) is 48.4. The number of ether oxygens (including phenoxy) is 13. The van der Waals surface area contributed by atoms with Gasteiger partial charge in [0.15, 0.2) is 65.2 Å². The number of oxazole rings is 2. The van der Waals surface area contributed by atoms with E-state index in [1.54, 1.807) is 38.6 Å². The number of aromatic nitrogens is 2. The van der Waals surface area contributed by atoms with Crippen LogP contribution in [0.4, 0.5) is 34.1 Å². The molecule has 4 heterocycles. The van der Waals surface area contributed by atoms with Gasteiger partial charge >= 0.3 is 108 Å². The van der Waals surface area contributed by atoms with E-state index in [1.807, 2.05) is 121 Å². The Balaban J connectivity index is 0.000000277. The number of alkyl halides is 3. The number of hydrogen-bond acceptors (Lipinski definition) is 36. The van der Waals surface area contributed by atoms with Crippen molar-refractivity contribution in [3.63, 3.8) is 0 Å². The number of aromatic hydroxyl groups is 1. The summed E-state index contributed by atoms with van der Waals surface area (Å²) in [5.74, 6) is 2.86. The number of hydrogen-bond donors (Lipinski definition) is 3. The number of nitro benzene ring substituents is 2. The third-order valence-corrected chi connectivity index (χ3v) is 22.8. The summed E-state index contributed by atoms with van der Waals surface area (Å²) in [5, 5.41) is 44.9. The van der Waals surface area contributed by atoms with E-state index in [4.69, 9.17) is 85.0 Å². The molecular formula is C90H102CsF3N6O34P2S. The predicted molar refractivity (Wildman–Crippen MR) is 479 cm³/mol. The van der Waals surface area contributed by atoms with Crippen LogP contribution in [0.25, 0.3) is 22.6 Å². The van der Waals surface area contributed by atoms with Gasteiger partial charge in [0.1, 0.15) is 43.3 Å². The van der Waals surface area contributed by atoms with E-state index >= 15 is 0 Å². The van der Waals surface area contributed by atoms with Crippen LogP contribution >= 0.6 is 14.7 Å². The van der Waals surface area contributed by atoms with E-state index < -0.39 is 70.2 Å². The molecule has 2 aromatic heterocycles. The van der Waals surface area contributed by atoms with E-state index in [0.717, 1.165) is 46.1 Å². The number of methoxy groups -OCH3 is 6. The molecule has 10 aromatic rings. The Morgan fingerprint density at radius 3 is 1.31 bits per heavy atom. The molecule has 40 nitrogen and oxygen atoms in total. The van der Waals surface area contributed by atoms with E-state index in [2.05, 4.69) is 34.2 Å². The molecule has 12 rings (SSSR count). The number of Topliss-reactive ketones (excluding diaryl/α,β-unsaturated/α-hetero) is 2. The Morgan fingerprint density at radius 2 is 0.927 bits per heavy atom. The molecule has 4 atom stereocenters. The van der Waals surface area contributed by atoms with Gasteiger partial charge < -0.3 is 105 Å². The first-order valence-corrected chi connectivity index (χ1v) is 47.0. The van der Waals surface area contributed by atoms with E-state index in [1.165, 1.54) is 80.1 Å². The van der Waals surface area contributed by atoms with Crippen molar-refractivity contribution in [1.29, 1.82) is 0 Å². The molecule has 2 aliphatic heterocycles. The van der Waals surface area contributed by atoms with Crippen molar-refractivity contribution in [2.45, 2.75) is 96.4 Å². The first-order chi connectivity index (χ1) is 65.1. The summed E-state index contributed by atoms with van der Waals surface area (Å²) in [4.78, 5) is 90.2. The van der Waals surface area contributed by atoms with Crippen molar-refractivity contribution >= 4 is 66.5 Å². The van der Waals surface area contributed by atoms with Crippen molar-refractivity contribution in [3.8, 4) is 80.1 Å². The molecule has 47 heteroatoms. The minimum atomic E-state index is -5.70. The van der Waals surface area contributed by atoms with Crippen LogP contribution in [-0.4, -0.2) is 190 Å². The normalized spacial score (nSPS) is 13.7. The summed E-state index contributed by atoms with van der Waals surface area (Å²) in [5.41, 5.74) is 1.71. The number of phenols is 1. The third-order valence-electron chi connectivity index (χ3n) is 18.8. The summed E-state index contributed by atoms with van der Waals surface area (Å²) in [6.07, 6.45) is 5.06. The largest absolute Gasteiger partial charge is 1.00 e. The first-order valence-electron chi connectivity index (χ1n) is 41.0. The van der Waals surface area contributed by atoms with Gasteiger partial charge in [0.25, 0.3) is 6.47 Å². The van der Waals surface area contributed by atoms with Crippen LogP contribution in [0, 0.1) is 20.2 Å². The molecule has 2 amide bonds. The summed E-state index contributed by atoms with van der Waals surface area (Å²) in [6, 6.07) is 46.7. The molecule has 0 radical (unpaired) electrons. The van der Waals surface area contributed by atoms with Gasteiger partial charge in [-0.05, 0) is 71.5 Å². The van der Waals surface area contributed by atoms with Gasteiger partial charge in [-0.25, -0.2) is 19.6 Å². The smallest absolute Gasteiger partial charge is 0.662 e. The average molecular weight is 2100 g/mol. The Morgan fingerprint density at radius 1 is 0.526 bits per heavy atom. The van der Waals surface area contributed by atoms with Gasteiger partial charge in [-0.15, -0.1) is 0 Å². The molecule has 0 spiro atoms. The van der Waals surface area contributed by atoms with E-state index in [0.29, 0.717) is 115 Å². The van der Waals surface area contributed by atoms with Gasteiger partial charge in [-0.2, -0.15) is 21.6 Å². The molecule has 2 fully saturated rings. The Hall–Kier alpha value is -11.7. The van der Waals surface area contributed by atoms with E-state index in [-0.39, 0.29) is 186 Å². The number of amides is 2. The standard InChI is InChI=1S/C32H32N2O7.C29H35N2O9P.C15H15NO5.C8H9NO5.C5H10F3O5PS.CH2O3.Cs/c1-37-31-28(29-18-33-21-40-29)11-10-25(30(31)39-19-22-6-3-2-4-7-22)16-26(35)15-23-8-5-9-24(14-23)17-34-32(36)41-27-12-13-38-20-27;1-4-39-41(3,34)19-38-27-22(8-9-25(28(27)35-2)26-16-30-18-37-26)14-23(32)13-20-6-5-7-21(12-20)15-31-29(33)40-24-10-11-36-17-24;1-19-13-9-8-12(16(17)18)14(15(13)20-2)21-10-11-6-4-3-5-7-11;1-13-6-4-3-5(9(11)12)7(10)8(6)14-2;1-3-12-14(2,9)4-13-15(10,11)5(6,7)8;2-1-4-3;/h2-11,14,18,21,27H,12-13,15-17,19-20H2,1H3,(H,34,36);5-9,12,16,18,24H,4,10-11,13-15,17,19H2,1-3H3,(H,31,33);3-9H,10H2,1-2H3;3-4,10H,1-2H3;3-4H2,1-2H3;1,3H;/q;;;;;;+1/p-1/t27-;24-,41?;;;;;/m00...../s1. The second-order valence-corrected chi connectivity index (χ2v) is 35.5. The molecule has 0 saturated carbocycles. The van der Waals surface area contributed by atoms with Gasteiger partial charge in [0.05, 0.1) is 116 Å². The summed E-state index contributed by atoms with van der Waals surface area (Å²) < 4.78 is 175. The molecule has 734 valence electrons. The molecule has 0 bridgehead atoms. The topological polar surface area (TPSA) is 516 Å². The van der Waals surface area contributed by atoms with Crippen molar-refractivity contribution in [2.24, 2.45) is 0 Å². The molecule has 8 aromatic carbocycles. The number of ketones is 2. The average Bonchev–Trinajstić information content (AvgIpc) is 1.76. The van der Waals surface area contributed by atoms with Gasteiger partial charge in [-0.3, -0.25) is 47.9 Å². The number of nitro groups is 2. The van der Waals surface area contributed by atoms with Crippen LogP contribution in [0.15, 0.2) is 192 Å². The second kappa shape index (κ2) is 58.2. The SMILES string of the molecule is CCOP(C)(=O)COS(=O)(=O)C(F)(F)F.CCOP(C)(=O)COc1c(CC(=O)Cc2cccc(CNC(=O)O[C@H]3CCOC3)c2)ccc(-c2cnco2)c1OC.COc1c(-c2cnco2)ccc(CC(=O)Cc2cccc(CNC(=O)O[C@H]3CCOC3)c2)c1OCc1ccccc1.COc1ccc([N+](=O)[O-])c(O)c1OC.COc1ccc([N+](=O)[O-])c(OCc2ccccc2)c1OC.O=CO[O-].[Cs+]. The van der Waals surface area contributed by atoms with Crippen LogP contribution in [0.2, 0.25) is 0 Å². The van der Waals surface area contributed by atoms with Crippen LogP contribution in [-0.2, 0) is 123 Å². The number of phenolic OH excluding ortho intramolecular Hbond substituents is 1. The summed E-state index contributed by atoms with van der Waals surface area (Å²) in [6.45, 7) is 8.91. The third kappa shape index (κ3) is 37.3. The number of nitrogens with zero attached hydrogens (tertiary/aromatic N) is 4. The minimum absolute atomic E-state index is 0. The van der Waals surface area contributed by atoms with Crippen LogP contribution in [0.3, 0.4) is 0 Å². The molecular weight excluding hydrogens is 1990 g/mol. The zero-order valence-corrected chi connectivity index (χ0v) is 85.3. The van der Waals surface area contributed by atoms with Crippen LogP contribution in [0.5, 0.6) is 57.5 Å². The van der Waals surface area contributed by atoms with Crippen LogP contribution < -0.4 is 127 Å². The molecule has 2 saturated heterocycles. The summed E-state index contributed by atoms with van der Waals surface area (Å²) >= 11 is 0. The molecule has 3 N–H and O–H groups in total. The quantitative estimate of drug-likeness (QED) is 0.00609. The zero-order chi connectivity index (χ0) is 99.4. The van der Waals surface area contributed by atoms with Crippen molar-refractivity contribution in [1.82, 2.24) is 20.6 Å². The number of rotatable bonds is 41. The fourth-order valence-electron chi connectivity index (χ4n) is 12.7. The Bertz CT molecular complexity index is 5750. The fourth-order valence-corrected chi connectivity index (χ4v) is 15.7.